The minimum Gasteiger partial charge on any atom is -0.345 e. The van der Waals surface area contributed by atoms with Gasteiger partial charge in [0.05, 0.1) is 25.1 Å². The molecular weight excluding hydrogens is 301 g/mol. The Balaban J connectivity index is 1.68. The average Bonchev–Trinajstić information content (AvgIpc) is 3.04. The Bertz CT molecular complexity index is 716. The molecule has 120 valence electrons. The fraction of sp³-hybridized carbons (Fsp3) is 0.400. The number of benzene rings is 1. The van der Waals surface area contributed by atoms with Gasteiger partial charge in [0.25, 0.3) is 0 Å². The van der Waals surface area contributed by atoms with Crippen molar-refractivity contribution >= 4 is 0 Å². The molecule has 1 aliphatic heterocycles. The molecule has 0 radical (unpaired) electrons. The summed E-state index contributed by atoms with van der Waals surface area (Å²) in [4.78, 5) is 10.2. The maximum Gasteiger partial charge on any atom is 0.217 e. The summed E-state index contributed by atoms with van der Waals surface area (Å²) in [5, 5.41) is 3.58. The van der Waals surface area contributed by atoms with Crippen molar-refractivity contribution in [3.8, 4) is 11.3 Å². The van der Waals surface area contributed by atoms with Crippen molar-refractivity contribution < 1.29 is 13.9 Å². The van der Waals surface area contributed by atoms with E-state index in [2.05, 4.69) is 20.0 Å². The summed E-state index contributed by atoms with van der Waals surface area (Å²) in [7, 11) is 0. The number of rotatable bonds is 4. The number of azide groups is 1. The maximum absolute atomic E-state index is 13.0. The Labute approximate surface area is 132 Å². The molecule has 0 saturated carbocycles. The lowest BCUT2D eigenvalue weighted by atomic mass is 9.92. The van der Waals surface area contributed by atoms with Crippen molar-refractivity contribution in [3.05, 3.63) is 52.5 Å². The zero-order valence-corrected chi connectivity index (χ0v) is 12.6. The van der Waals surface area contributed by atoms with Crippen LogP contribution >= 0.6 is 0 Å². The fourth-order valence-electron chi connectivity index (χ4n) is 2.33. The van der Waals surface area contributed by atoms with E-state index in [9.17, 15) is 4.39 Å². The van der Waals surface area contributed by atoms with Crippen LogP contribution in [0, 0.1) is 11.2 Å². The number of imidazole rings is 1. The smallest absolute Gasteiger partial charge is 0.217 e. The normalized spacial score (nSPS) is 24.2. The monoisotopic (exact) mass is 317 g/mol. The van der Waals surface area contributed by atoms with Gasteiger partial charge in [0, 0.05) is 16.9 Å². The largest absolute Gasteiger partial charge is 0.345 e. The topological polar surface area (TPSA) is 95.9 Å². The second-order valence-electron chi connectivity index (χ2n) is 5.84. The lowest BCUT2D eigenvalue weighted by Crippen LogP contribution is -2.38. The number of hydrogen-bond donors (Lipinski definition) is 1. The minimum absolute atomic E-state index is 0.285. The van der Waals surface area contributed by atoms with E-state index in [0.717, 1.165) is 11.3 Å². The van der Waals surface area contributed by atoms with E-state index in [0.29, 0.717) is 25.6 Å². The van der Waals surface area contributed by atoms with Crippen molar-refractivity contribution in [1.29, 1.82) is 0 Å². The lowest BCUT2D eigenvalue weighted by molar-refractivity contribution is -0.231. The summed E-state index contributed by atoms with van der Waals surface area (Å²) in [5.41, 5.74) is 9.66. The van der Waals surface area contributed by atoms with Gasteiger partial charge in [0.1, 0.15) is 5.82 Å². The highest BCUT2D eigenvalue weighted by molar-refractivity contribution is 5.58. The van der Waals surface area contributed by atoms with Crippen LogP contribution in [0.25, 0.3) is 21.7 Å². The van der Waals surface area contributed by atoms with Crippen molar-refractivity contribution in [3.63, 3.8) is 0 Å². The Morgan fingerprint density at radius 1 is 1.39 bits per heavy atom. The molecule has 1 aliphatic rings. The van der Waals surface area contributed by atoms with Gasteiger partial charge in [-0.1, -0.05) is 12.0 Å². The molecule has 0 spiro atoms. The molecule has 0 unspecified atom stereocenters. The Morgan fingerprint density at radius 3 is 2.74 bits per heavy atom. The maximum atomic E-state index is 13.0. The Morgan fingerprint density at radius 2 is 2.09 bits per heavy atom. The number of nitrogens with one attached hydrogen (secondary N) is 1. The molecule has 7 nitrogen and oxygen atoms in total. The molecule has 3 rings (SSSR count). The predicted molar refractivity (Wildman–Crippen MR) is 80.7 cm³/mol. The average molecular weight is 317 g/mol. The van der Waals surface area contributed by atoms with Crippen LogP contribution in [0.3, 0.4) is 0 Å². The molecule has 1 aromatic heterocycles. The summed E-state index contributed by atoms with van der Waals surface area (Å²) < 4.78 is 24.3. The molecule has 2 aromatic rings. The van der Waals surface area contributed by atoms with Gasteiger partial charge in [0.2, 0.25) is 6.29 Å². The van der Waals surface area contributed by atoms with E-state index in [4.69, 9.17) is 15.0 Å². The zero-order chi connectivity index (χ0) is 16.3. The van der Waals surface area contributed by atoms with Gasteiger partial charge >= 0.3 is 0 Å². The van der Waals surface area contributed by atoms with Crippen molar-refractivity contribution in [2.75, 3.05) is 19.8 Å². The van der Waals surface area contributed by atoms with Crippen LogP contribution in [0.1, 0.15) is 19.0 Å². The summed E-state index contributed by atoms with van der Waals surface area (Å²) in [6.07, 6.45) is 1.06. The number of H-pyrrole nitrogens is 1. The molecule has 0 aliphatic carbocycles. The number of halogens is 1. The molecule has 0 amide bonds. The van der Waals surface area contributed by atoms with Crippen LogP contribution in [-0.2, 0) is 9.47 Å². The quantitative estimate of drug-likeness (QED) is 0.530. The first kappa shape index (κ1) is 15.5. The summed E-state index contributed by atoms with van der Waals surface area (Å²) >= 11 is 0. The molecule has 1 aromatic carbocycles. The lowest BCUT2D eigenvalue weighted by Gasteiger charge is -2.35. The van der Waals surface area contributed by atoms with Gasteiger partial charge in [-0.15, -0.1) is 0 Å². The van der Waals surface area contributed by atoms with E-state index >= 15 is 0 Å². The number of ether oxygens (including phenoxy) is 2. The van der Waals surface area contributed by atoms with Crippen molar-refractivity contribution in [2.45, 2.75) is 13.2 Å². The first-order valence-electron chi connectivity index (χ1n) is 7.15. The van der Waals surface area contributed by atoms with Crippen molar-refractivity contribution in [1.82, 2.24) is 9.97 Å². The standard InChI is InChI=1S/C15H16FN5O2/c1-15(7-19-21-17)8-22-14(23-9-15)13-18-6-12(20-13)10-2-4-11(16)5-3-10/h2-6,14H,7-9H2,1H3,(H,18,20). The second-order valence-corrected chi connectivity index (χ2v) is 5.84. The highest BCUT2D eigenvalue weighted by atomic mass is 19.1. The molecule has 1 saturated heterocycles. The molecule has 1 N–H and O–H groups in total. The van der Waals surface area contributed by atoms with Gasteiger partial charge in [-0.25, -0.2) is 9.37 Å². The second kappa shape index (κ2) is 6.37. The molecule has 0 atom stereocenters. The van der Waals surface area contributed by atoms with Crippen LogP contribution in [0.2, 0.25) is 0 Å². The zero-order valence-electron chi connectivity index (χ0n) is 12.6. The van der Waals surface area contributed by atoms with E-state index in [1.807, 2.05) is 6.92 Å². The highest BCUT2D eigenvalue weighted by Crippen LogP contribution is 2.31. The molecular formula is C15H16FN5O2. The predicted octanol–water partition coefficient (Wildman–Crippen LogP) is 3.58. The van der Waals surface area contributed by atoms with E-state index in [1.54, 1.807) is 18.3 Å². The van der Waals surface area contributed by atoms with E-state index in [-0.39, 0.29) is 11.2 Å². The third kappa shape index (κ3) is 3.50. The van der Waals surface area contributed by atoms with Crippen LogP contribution in [0.15, 0.2) is 35.6 Å². The molecule has 0 bridgehead atoms. The third-order valence-electron chi connectivity index (χ3n) is 3.66. The van der Waals surface area contributed by atoms with Gasteiger partial charge < -0.3 is 14.5 Å². The summed E-state index contributed by atoms with van der Waals surface area (Å²) in [6.45, 7) is 3.06. The first-order valence-corrected chi connectivity index (χ1v) is 7.15. The molecule has 8 heteroatoms. The van der Waals surface area contributed by atoms with Gasteiger partial charge in [-0.3, -0.25) is 0 Å². The Kier molecular flexibility index (Phi) is 4.29. The van der Waals surface area contributed by atoms with Gasteiger partial charge in [-0.05, 0) is 35.4 Å². The van der Waals surface area contributed by atoms with Crippen LogP contribution in [0.4, 0.5) is 4.39 Å². The number of hydrogen-bond acceptors (Lipinski definition) is 4. The molecule has 23 heavy (non-hydrogen) atoms. The highest BCUT2D eigenvalue weighted by Gasteiger charge is 2.34. The van der Waals surface area contributed by atoms with E-state index in [1.165, 1.54) is 12.1 Å². The SMILES string of the molecule is CC1(CN=[N+]=[N-])COC(c2ncc(-c3ccc(F)cc3)[nH]2)OC1. The van der Waals surface area contributed by atoms with E-state index < -0.39 is 6.29 Å². The summed E-state index contributed by atoms with van der Waals surface area (Å²) in [6, 6.07) is 6.13. The number of aromatic amines is 1. The fourth-order valence-corrected chi connectivity index (χ4v) is 2.33. The van der Waals surface area contributed by atoms with Crippen LogP contribution < -0.4 is 0 Å². The van der Waals surface area contributed by atoms with Gasteiger partial charge in [0.15, 0.2) is 5.82 Å². The van der Waals surface area contributed by atoms with Crippen LogP contribution in [0.5, 0.6) is 0 Å². The van der Waals surface area contributed by atoms with Gasteiger partial charge in [-0.2, -0.15) is 0 Å². The van der Waals surface area contributed by atoms with Crippen LogP contribution in [-0.4, -0.2) is 29.7 Å². The minimum atomic E-state index is -0.594. The van der Waals surface area contributed by atoms with Crippen molar-refractivity contribution in [2.24, 2.45) is 10.5 Å². The molecule has 2 heterocycles. The number of aromatic nitrogens is 2. The summed E-state index contributed by atoms with van der Waals surface area (Å²) in [5.74, 6) is 0.266. The first-order chi connectivity index (χ1) is 11.1. The number of nitrogens with zero attached hydrogens (tertiary/aromatic N) is 4. The molecule has 1 fully saturated rings. The third-order valence-corrected chi connectivity index (χ3v) is 3.66. The Hall–Kier alpha value is -2.41.